The predicted octanol–water partition coefficient (Wildman–Crippen LogP) is 0.142. The molecule has 0 atom stereocenters. The van der Waals surface area contributed by atoms with Crippen LogP contribution in [0.2, 0.25) is 0 Å². The first-order chi connectivity index (χ1) is 9.20. The molecule has 10 heteroatoms. The van der Waals surface area contributed by atoms with Crippen LogP contribution >= 0.6 is 0 Å². The second kappa shape index (κ2) is 6.39. The summed E-state index contributed by atoms with van der Waals surface area (Å²) >= 11 is 0. The van der Waals surface area contributed by atoms with Crippen LogP contribution in [0.4, 0.5) is 10.1 Å². The van der Waals surface area contributed by atoms with Gasteiger partial charge in [0.05, 0.1) is 16.2 Å². The number of benzene rings is 1. The van der Waals surface area contributed by atoms with E-state index in [1.807, 2.05) is 0 Å². The zero-order valence-electron chi connectivity index (χ0n) is 10.2. The van der Waals surface area contributed by atoms with Crippen LogP contribution in [-0.4, -0.2) is 31.5 Å². The van der Waals surface area contributed by atoms with Gasteiger partial charge in [0.15, 0.2) is 0 Å². The van der Waals surface area contributed by atoms with Crippen LogP contribution in [-0.2, 0) is 10.0 Å². The fraction of sp³-hybridized carbons (Fsp3) is 0.300. The fourth-order valence-electron chi connectivity index (χ4n) is 1.37. The summed E-state index contributed by atoms with van der Waals surface area (Å²) in [6, 6.07) is 2.56. The van der Waals surface area contributed by atoms with E-state index in [1.54, 1.807) is 0 Å². The highest BCUT2D eigenvalue weighted by Gasteiger charge is 2.16. The van der Waals surface area contributed by atoms with E-state index >= 15 is 0 Å². The number of nitrogens with two attached hydrogens (primary N) is 1. The Morgan fingerprint density at radius 3 is 2.65 bits per heavy atom. The molecule has 0 fully saturated rings. The van der Waals surface area contributed by atoms with Gasteiger partial charge in [0.1, 0.15) is 5.82 Å². The SMILES string of the molecule is NS(=O)(=O)CCCNC(=O)c1cc([N+](=O)[O-])ccc1F. The number of sulfonamides is 1. The molecule has 0 aliphatic carbocycles. The quantitative estimate of drug-likeness (QED) is 0.438. The zero-order chi connectivity index (χ0) is 15.3. The van der Waals surface area contributed by atoms with Crippen molar-refractivity contribution in [1.29, 1.82) is 0 Å². The molecule has 3 N–H and O–H groups in total. The number of nitrogens with zero attached hydrogens (tertiary/aromatic N) is 1. The van der Waals surface area contributed by atoms with Gasteiger partial charge in [-0.2, -0.15) is 0 Å². The third kappa shape index (κ3) is 4.90. The van der Waals surface area contributed by atoms with E-state index in [9.17, 15) is 27.7 Å². The second-order valence-corrected chi connectivity index (χ2v) is 5.63. The summed E-state index contributed by atoms with van der Waals surface area (Å²) in [5, 5.41) is 17.6. The summed E-state index contributed by atoms with van der Waals surface area (Å²) in [7, 11) is -3.63. The Balaban J connectivity index is 2.68. The molecule has 110 valence electrons. The largest absolute Gasteiger partial charge is 0.352 e. The zero-order valence-corrected chi connectivity index (χ0v) is 11.0. The van der Waals surface area contributed by atoms with E-state index in [-0.39, 0.29) is 18.7 Å². The standard InChI is InChI=1S/C10H12FN3O5S/c11-9-3-2-7(14(16)17)6-8(9)10(15)13-4-1-5-20(12,18)19/h2-3,6H,1,4-5H2,(H,13,15)(H2,12,18,19). The van der Waals surface area contributed by atoms with Gasteiger partial charge in [-0.15, -0.1) is 0 Å². The topological polar surface area (TPSA) is 132 Å². The highest BCUT2D eigenvalue weighted by Crippen LogP contribution is 2.16. The molecule has 0 heterocycles. The first-order valence-electron chi connectivity index (χ1n) is 5.43. The smallest absolute Gasteiger partial charge is 0.270 e. The van der Waals surface area contributed by atoms with Gasteiger partial charge in [-0.05, 0) is 12.5 Å². The molecular formula is C10H12FN3O5S. The molecule has 1 aromatic carbocycles. The Morgan fingerprint density at radius 1 is 1.45 bits per heavy atom. The number of nitro benzene ring substituents is 1. The van der Waals surface area contributed by atoms with Crippen LogP contribution in [0.1, 0.15) is 16.8 Å². The van der Waals surface area contributed by atoms with E-state index in [1.165, 1.54) is 0 Å². The van der Waals surface area contributed by atoms with Crippen molar-refractivity contribution < 1.29 is 22.5 Å². The number of nitrogens with one attached hydrogen (secondary N) is 1. The number of hydrogen-bond acceptors (Lipinski definition) is 5. The minimum absolute atomic E-state index is 0.0443. The number of amides is 1. The molecule has 1 amide bonds. The summed E-state index contributed by atoms with van der Waals surface area (Å²) in [4.78, 5) is 21.4. The molecule has 0 unspecified atom stereocenters. The maximum Gasteiger partial charge on any atom is 0.270 e. The van der Waals surface area contributed by atoms with Crippen LogP contribution in [0, 0.1) is 15.9 Å². The van der Waals surface area contributed by atoms with Gasteiger partial charge < -0.3 is 5.32 Å². The third-order valence-corrected chi connectivity index (χ3v) is 3.15. The number of non-ortho nitro benzene ring substituents is 1. The molecule has 0 radical (unpaired) electrons. The molecule has 1 rings (SSSR count). The number of hydrogen-bond donors (Lipinski definition) is 2. The van der Waals surface area contributed by atoms with E-state index in [0.29, 0.717) is 0 Å². The van der Waals surface area contributed by atoms with Crippen LogP contribution in [0.25, 0.3) is 0 Å². The monoisotopic (exact) mass is 305 g/mol. The van der Waals surface area contributed by atoms with Gasteiger partial charge in [0.2, 0.25) is 10.0 Å². The van der Waals surface area contributed by atoms with Crippen molar-refractivity contribution in [3.8, 4) is 0 Å². The molecular weight excluding hydrogens is 293 g/mol. The normalized spacial score (nSPS) is 11.1. The highest BCUT2D eigenvalue weighted by molar-refractivity contribution is 7.89. The average Bonchev–Trinajstić information content (AvgIpc) is 2.33. The number of primary sulfonamides is 1. The summed E-state index contributed by atoms with van der Waals surface area (Å²) in [6.07, 6.45) is 0.0567. The Kier molecular flexibility index (Phi) is 5.11. The molecule has 0 aliphatic heterocycles. The van der Waals surface area contributed by atoms with Crippen molar-refractivity contribution in [2.24, 2.45) is 5.14 Å². The van der Waals surface area contributed by atoms with E-state index in [0.717, 1.165) is 18.2 Å². The molecule has 1 aromatic rings. The molecule has 0 saturated heterocycles. The average molecular weight is 305 g/mol. The molecule has 0 bridgehead atoms. The number of carbonyl (C=O) groups excluding carboxylic acids is 1. The van der Waals surface area contributed by atoms with Crippen molar-refractivity contribution in [3.63, 3.8) is 0 Å². The summed E-state index contributed by atoms with van der Waals surface area (Å²) in [6.45, 7) is -0.0443. The summed E-state index contributed by atoms with van der Waals surface area (Å²) in [5.74, 6) is -2.09. The summed E-state index contributed by atoms with van der Waals surface area (Å²) < 4.78 is 34.7. The van der Waals surface area contributed by atoms with Crippen molar-refractivity contribution in [1.82, 2.24) is 5.32 Å². The number of carbonyl (C=O) groups is 1. The van der Waals surface area contributed by atoms with Gasteiger partial charge in [-0.3, -0.25) is 14.9 Å². The molecule has 20 heavy (non-hydrogen) atoms. The minimum atomic E-state index is -3.63. The molecule has 0 saturated carbocycles. The molecule has 8 nitrogen and oxygen atoms in total. The van der Waals surface area contributed by atoms with Gasteiger partial charge >= 0.3 is 0 Å². The predicted molar refractivity (Wildman–Crippen MR) is 68.0 cm³/mol. The summed E-state index contributed by atoms with van der Waals surface area (Å²) in [5.41, 5.74) is -0.893. The van der Waals surface area contributed by atoms with Crippen LogP contribution in [0.3, 0.4) is 0 Å². The van der Waals surface area contributed by atoms with Gasteiger partial charge in [-0.1, -0.05) is 0 Å². The lowest BCUT2D eigenvalue weighted by Gasteiger charge is -2.05. The van der Waals surface area contributed by atoms with Crippen molar-refractivity contribution >= 4 is 21.6 Å². The van der Waals surface area contributed by atoms with Gasteiger partial charge in [0, 0.05) is 18.7 Å². The van der Waals surface area contributed by atoms with E-state index in [2.05, 4.69) is 5.32 Å². The lowest BCUT2D eigenvalue weighted by Crippen LogP contribution is -2.28. The van der Waals surface area contributed by atoms with Crippen molar-refractivity contribution in [3.05, 3.63) is 39.7 Å². The van der Waals surface area contributed by atoms with Crippen LogP contribution in [0.5, 0.6) is 0 Å². The second-order valence-electron chi connectivity index (χ2n) is 3.90. The first kappa shape index (κ1) is 16.0. The lowest BCUT2D eigenvalue weighted by molar-refractivity contribution is -0.384. The highest BCUT2D eigenvalue weighted by atomic mass is 32.2. The van der Waals surface area contributed by atoms with Gasteiger partial charge in [0.25, 0.3) is 11.6 Å². The Labute approximate surface area is 114 Å². The molecule has 0 aromatic heterocycles. The van der Waals surface area contributed by atoms with E-state index < -0.39 is 37.9 Å². The minimum Gasteiger partial charge on any atom is -0.352 e. The molecule has 0 spiro atoms. The number of rotatable bonds is 6. The van der Waals surface area contributed by atoms with Crippen molar-refractivity contribution in [2.45, 2.75) is 6.42 Å². The Hall–Kier alpha value is -2.07. The number of halogens is 1. The third-order valence-electron chi connectivity index (χ3n) is 2.30. The van der Waals surface area contributed by atoms with Gasteiger partial charge in [-0.25, -0.2) is 17.9 Å². The maximum atomic E-state index is 13.4. The van der Waals surface area contributed by atoms with Crippen LogP contribution in [0.15, 0.2) is 18.2 Å². The lowest BCUT2D eigenvalue weighted by atomic mass is 10.1. The van der Waals surface area contributed by atoms with Crippen molar-refractivity contribution in [2.75, 3.05) is 12.3 Å². The maximum absolute atomic E-state index is 13.4. The van der Waals surface area contributed by atoms with Crippen LogP contribution < -0.4 is 10.5 Å². The Bertz CT molecular complexity index is 632. The first-order valence-corrected chi connectivity index (χ1v) is 7.15. The Morgan fingerprint density at radius 2 is 2.10 bits per heavy atom. The van der Waals surface area contributed by atoms with E-state index in [4.69, 9.17) is 5.14 Å². The fourth-order valence-corrected chi connectivity index (χ4v) is 1.92. The molecule has 0 aliphatic rings. The number of nitro groups is 1.